The molecule has 0 atom stereocenters. The molecule has 0 unspecified atom stereocenters. The molecular weight excluding hydrogens is 378 g/mol. The molecule has 7 nitrogen and oxygen atoms in total. The molecule has 8 heteroatoms. The van der Waals surface area contributed by atoms with Crippen LogP contribution < -0.4 is 14.9 Å². The van der Waals surface area contributed by atoms with E-state index in [0.29, 0.717) is 34.1 Å². The monoisotopic (exact) mass is 395 g/mol. The van der Waals surface area contributed by atoms with Crippen molar-refractivity contribution in [1.29, 1.82) is 0 Å². The highest BCUT2D eigenvalue weighted by atomic mass is 32.1. The summed E-state index contributed by atoms with van der Waals surface area (Å²) in [6.07, 6.45) is 4.51. The standard InChI is InChI=1S/C20H17N3O4S/c1-2-26-17-11-14(12-22-23-19(24)15-5-3-9-21-13-15)7-8-16(17)27-20(25)18-6-4-10-28-18/h3-13H,2H2,1H3,(H,23,24). The molecule has 0 aliphatic heterocycles. The number of carbonyl (C=O) groups excluding carboxylic acids is 2. The van der Waals surface area contributed by atoms with Gasteiger partial charge in [-0.15, -0.1) is 11.3 Å². The van der Waals surface area contributed by atoms with Gasteiger partial charge < -0.3 is 9.47 Å². The molecule has 2 heterocycles. The van der Waals surface area contributed by atoms with Gasteiger partial charge >= 0.3 is 5.97 Å². The highest BCUT2D eigenvalue weighted by Gasteiger charge is 2.14. The number of thiophene rings is 1. The lowest BCUT2D eigenvalue weighted by Gasteiger charge is -2.10. The molecule has 3 rings (SSSR count). The van der Waals surface area contributed by atoms with Gasteiger partial charge in [0.1, 0.15) is 4.88 Å². The van der Waals surface area contributed by atoms with Crippen LogP contribution in [-0.4, -0.2) is 29.7 Å². The van der Waals surface area contributed by atoms with E-state index in [1.807, 2.05) is 6.92 Å². The molecule has 0 saturated heterocycles. The largest absolute Gasteiger partial charge is 0.490 e. The highest BCUT2D eigenvalue weighted by molar-refractivity contribution is 7.12. The van der Waals surface area contributed by atoms with Crippen molar-refractivity contribution >= 4 is 29.4 Å². The second-order valence-corrected chi connectivity index (χ2v) is 6.39. The van der Waals surface area contributed by atoms with Crippen molar-refractivity contribution in [2.45, 2.75) is 6.92 Å². The summed E-state index contributed by atoms with van der Waals surface area (Å²) >= 11 is 1.30. The van der Waals surface area contributed by atoms with Crippen molar-refractivity contribution in [3.63, 3.8) is 0 Å². The average molecular weight is 395 g/mol. The minimum Gasteiger partial charge on any atom is -0.490 e. The smallest absolute Gasteiger partial charge is 0.353 e. The van der Waals surface area contributed by atoms with E-state index in [1.54, 1.807) is 54.0 Å². The Morgan fingerprint density at radius 2 is 2.11 bits per heavy atom. The predicted octanol–water partition coefficient (Wildman–Crippen LogP) is 3.52. The van der Waals surface area contributed by atoms with Crippen LogP contribution in [0.25, 0.3) is 0 Å². The SMILES string of the molecule is CCOc1cc(C=NNC(=O)c2cccnc2)ccc1OC(=O)c1cccs1. The van der Waals surface area contributed by atoms with E-state index in [4.69, 9.17) is 9.47 Å². The molecule has 1 N–H and O–H groups in total. The molecule has 1 aromatic carbocycles. The molecule has 2 aromatic heterocycles. The molecule has 0 aliphatic rings. The Hall–Kier alpha value is -3.52. The summed E-state index contributed by atoms with van der Waals surface area (Å²) in [5, 5.41) is 5.74. The first kappa shape index (κ1) is 19.2. The number of benzene rings is 1. The van der Waals surface area contributed by atoms with Crippen LogP contribution in [0, 0.1) is 0 Å². The Bertz CT molecular complexity index is 972. The number of hydrazone groups is 1. The number of hydrogen-bond donors (Lipinski definition) is 1. The van der Waals surface area contributed by atoms with E-state index in [9.17, 15) is 9.59 Å². The molecular formula is C20H17N3O4S. The van der Waals surface area contributed by atoms with Crippen LogP contribution in [0.15, 0.2) is 65.3 Å². The highest BCUT2D eigenvalue weighted by Crippen LogP contribution is 2.29. The van der Waals surface area contributed by atoms with Crippen molar-refractivity contribution in [1.82, 2.24) is 10.4 Å². The van der Waals surface area contributed by atoms with Gasteiger partial charge in [-0.2, -0.15) is 5.10 Å². The van der Waals surface area contributed by atoms with Gasteiger partial charge in [0.15, 0.2) is 11.5 Å². The summed E-state index contributed by atoms with van der Waals surface area (Å²) in [6, 6.07) is 11.8. The Morgan fingerprint density at radius 3 is 2.82 bits per heavy atom. The van der Waals surface area contributed by atoms with Crippen molar-refractivity contribution < 1.29 is 19.1 Å². The van der Waals surface area contributed by atoms with Crippen molar-refractivity contribution in [3.05, 3.63) is 76.2 Å². The molecule has 3 aromatic rings. The third-order valence-corrected chi connectivity index (χ3v) is 4.35. The summed E-state index contributed by atoms with van der Waals surface area (Å²) in [6.45, 7) is 2.24. The van der Waals surface area contributed by atoms with Gasteiger partial charge in [-0.05, 0) is 54.3 Å². The zero-order valence-corrected chi connectivity index (χ0v) is 15.8. The van der Waals surface area contributed by atoms with Gasteiger partial charge in [0.05, 0.1) is 18.4 Å². The maximum atomic E-state index is 12.2. The number of pyridine rings is 1. The molecule has 0 radical (unpaired) electrons. The number of nitrogens with zero attached hydrogens (tertiary/aromatic N) is 2. The first-order chi connectivity index (χ1) is 13.7. The average Bonchev–Trinajstić information content (AvgIpc) is 3.25. The van der Waals surface area contributed by atoms with Gasteiger partial charge in [0.2, 0.25) is 0 Å². The van der Waals surface area contributed by atoms with Crippen LogP contribution in [0.3, 0.4) is 0 Å². The molecule has 142 valence electrons. The maximum absolute atomic E-state index is 12.2. The third-order valence-electron chi connectivity index (χ3n) is 3.50. The topological polar surface area (TPSA) is 89.9 Å². The predicted molar refractivity (Wildman–Crippen MR) is 106 cm³/mol. The molecule has 0 spiro atoms. The number of ether oxygens (including phenoxy) is 2. The fraction of sp³-hybridized carbons (Fsp3) is 0.100. The van der Waals surface area contributed by atoms with Gasteiger partial charge in [0.25, 0.3) is 5.91 Å². The normalized spacial score (nSPS) is 10.6. The van der Waals surface area contributed by atoms with Gasteiger partial charge in [-0.1, -0.05) is 6.07 Å². The summed E-state index contributed by atoms with van der Waals surface area (Å²) < 4.78 is 11.0. The molecule has 0 aliphatic carbocycles. The fourth-order valence-electron chi connectivity index (χ4n) is 2.23. The molecule has 1 amide bonds. The van der Waals surface area contributed by atoms with Crippen molar-refractivity contribution in [2.24, 2.45) is 5.10 Å². The number of aromatic nitrogens is 1. The molecule has 0 fully saturated rings. The van der Waals surface area contributed by atoms with Gasteiger partial charge in [0, 0.05) is 12.4 Å². The number of nitrogens with one attached hydrogen (secondary N) is 1. The Kier molecular flexibility index (Phi) is 6.48. The first-order valence-corrected chi connectivity index (χ1v) is 9.31. The lowest BCUT2D eigenvalue weighted by atomic mass is 10.2. The van der Waals surface area contributed by atoms with E-state index in [1.165, 1.54) is 23.7 Å². The number of esters is 1. The number of rotatable bonds is 7. The van der Waals surface area contributed by atoms with Crippen LogP contribution in [0.1, 0.15) is 32.5 Å². The maximum Gasteiger partial charge on any atom is 0.353 e. The minimum absolute atomic E-state index is 0.316. The van der Waals surface area contributed by atoms with E-state index >= 15 is 0 Å². The molecule has 28 heavy (non-hydrogen) atoms. The second-order valence-electron chi connectivity index (χ2n) is 5.45. The lowest BCUT2D eigenvalue weighted by molar-refractivity contribution is 0.0733. The number of amides is 1. The zero-order valence-electron chi connectivity index (χ0n) is 15.0. The van der Waals surface area contributed by atoms with Gasteiger partial charge in [-0.25, -0.2) is 10.2 Å². The fourth-order valence-corrected chi connectivity index (χ4v) is 2.83. The lowest BCUT2D eigenvalue weighted by Crippen LogP contribution is -2.17. The summed E-state index contributed by atoms with van der Waals surface area (Å²) in [5.41, 5.74) is 3.51. The molecule has 0 saturated carbocycles. The van der Waals surface area contributed by atoms with E-state index in [2.05, 4.69) is 15.5 Å². The van der Waals surface area contributed by atoms with Crippen LogP contribution in [0.5, 0.6) is 11.5 Å². The summed E-state index contributed by atoms with van der Waals surface area (Å²) in [4.78, 5) is 28.5. The van der Waals surface area contributed by atoms with Crippen LogP contribution in [0.2, 0.25) is 0 Å². The minimum atomic E-state index is -0.443. The second kappa shape index (κ2) is 9.43. The van der Waals surface area contributed by atoms with E-state index in [0.717, 1.165) is 0 Å². The summed E-state index contributed by atoms with van der Waals surface area (Å²) in [5.74, 6) is -0.0799. The first-order valence-electron chi connectivity index (χ1n) is 8.43. The van der Waals surface area contributed by atoms with E-state index in [-0.39, 0.29) is 5.91 Å². The zero-order chi connectivity index (χ0) is 19.8. The quantitative estimate of drug-likeness (QED) is 0.286. The van der Waals surface area contributed by atoms with Crippen LogP contribution in [-0.2, 0) is 0 Å². The Balaban J connectivity index is 1.69. The van der Waals surface area contributed by atoms with Crippen LogP contribution >= 0.6 is 11.3 Å². The van der Waals surface area contributed by atoms with Crippen molar-refractivity contribution in [2.75, 3.05) is 6.61 Å². The summed E-state index contributed by atoms with van der Waals surface area (Å²) in [7, 11) is 0. The Labute approximate surface area is 165 Å². The third kappa shape index (κ3) is 5.01. The van der Waals surface area contributed by atoms with Gasteiger partial charge in [-0.3, -0.25) is 9.78 Å². The Morgan fingerprint density at radius 1 is 1.21 bits per heavy atom. The van der Waals surface area contributed by atoms with Crippen LogP contribution in [0.4, 0.5) is 0 Å². The molecule has 0 bridgehead atoms. The number of hydrogen-bond acceptors (Lipinski definition) is 7. The van der Waals surface area contributed by atoms with Crippen molar-refractivity contribution in [3.8, 4) is 11.5 Å². The number of carbonyl (C=O) groups is 2. The van der Waals surface area contributed by atoms with E-state index < -0.39 is 5.97 Å².